The molecule has 0 atom stereocenters. The summed E-state index contributed by atoms with van der Waals surface area (Å²) in [5.74, 6) is 0.122. The highest BCUT2D eigenvalue weighted by Crippen LogP contribution is 2.13. The van der Waals surface area contributed by atoms with Crippen molar-refractivity contribution in [1.29, 1.82) is 0 Å². The first-order valence-electron chi connectivity index (χ1n) is 8.86. The molecule has 2 rings (SSSR count). The minimum atomic E-state index is -3.55. The summed E-state index contributed by atoms with van der Waals surface area (Å²) in [7, 11) is -3.55. The van der Waals surface area contributed by atoms with E-state index >= 15 is 0 Å². The van der Waals surface area contributed by atoms with Gasteiger partial charge in [0, 0.05) is 26.1 Å². The number of nitrogens with zero attached hydrogens (tertiary/aromatic N) is 1. The Morgan fingerprint density at radius 1 is 0.923 bits per heavy atom. The molecule has 140 valence electrons. The van der Waals surface area contributed by atoms with E-state index in [0.717, 1.165) is 11.1 Å². The van der Waals surface area contributed by atoms with Gasteiger partial charge in [-0.1, -0.05) is 42.5 Å². The lowest BCUT2D eigenvalue weighted by atomic mass is 10.1. The van der Waals surface area contributed by atoms with Crippen LogP contribution in [0.1, 0.15) is 31.4 Å². The maximum atomic E-state index is 12.4. The fourth-order valence-corrected chi connectivity index (χ4v) is 3.70. The van der Waals surface area contributed by atoms with Gasteiger partial charge in [-0.2, -0.15) is 0 Å². The van der Waals surface area contributed by atoms with Gasteiger partial charge >= 0.3 is 0 Å². The third kappa shape index (κ3) is 5.68. The Balaban J connectivity index is 1.94. The Kier molecular flexibility index (Phi) is 7.36. The zero-order valence-electron chi connectivity index (χ0n) is 15.3. The third-order valence-corrected chi connectivity index (χ3v) is 5.70. The van der Waals surface area contributed by atoms with E-state index in [9.17, 15) is 13.2 Å². The minimum absolute atomic E-state index is 0.122. The summed E-state index contributed by atoms with van der Waals surface area (Å²) >= 11 is 0. The van der Waals surface area contributed by atoms with Gasteiger partial charge in [0.2, 0.25) is 15.9 Å². The number of carbonyl (C=O) groups excluding carboxylic acids is 1. The summed E-state index contributed by atoms with van der Waals surface area (Å²) in [5.41, 5.74) is 1.86. The Bertz CT molecular complexity index is 799. The summed E-state index contributed by atoms with van der Waals surface area (Å²) in [5, 5.41) is 0. The van der Waals surface area contributed by atoms with Crippen LogP contribution in [0.2, 0.25) is 0 Å². The quantitative estimate of drug-likeness (QED) is 0.734. The number of aryl methyl sites for hydroxylation is 1. The molecule has 0 aliphatic carbocycles. The average Bonchev–Trinajstić information content (AvgIpc) is 2.67. The van der Waals surface area contributed by atoms with E-state index in [1.807, 2.05) is 44.2 Å². The first-order valence-corrected chi connectivity index (χ1v) is 10.3. The average molecular weight is 375 g/mol. The molecule has 0 saturated carbocycles. The molecule has 0 saturated heterocycles. The highest BCUT2D eigenvalue weighted by Gasteiger charge is 2.14. The highest BCUT2D eigenvalue weighted by atomic mass is 32.2. The van der Waals surface area contributed by atoms with Crippen molar-refractivity contribution in [2.45, 2.75) is 38.1 Å². The lowest BCUT2D eigenvalue weighted by molar-refractivity contribution is -0.130. The summed E-state index contributed by atoms with van der Waals surface area (Å²) in [6.45, 7) is 5.59. The van der Waals surface area contributed by atoms with E-state index in [1.165, 1.54) is 0 Å². The van der Waals surface area contributed by atoms with Gasteiger partial charge in [0.25, 0.3) is 0 Å². The molecule has 2 aromatic rings. The van der Waals surface area contributed by atoms with Crippen molar-refractivity contribution in [3.63, 3.8) is 0 Å². The molecule has 2 aromatic carbocycles. The molecule has 0 radical (unpaired) electrons. The summed E-state index contributed by atoms with van der Waals surface area (Å²) in [6, 6.07) is 16.1. The zero-order chi connectivity index (χ0) is 19.0. The van der Waals surface area contributed by atoms with Crippen LogP contribution < -0.4 is 4.72 Å². The van der Waals surface area contributed by atoms with Crippen LogP contribution in [0, 0.1) is 0 Å². The summed E-state index contributed by atoms with van der Waals surface area (Å²) < 4.78 is 27.4. The van der Waals surface area contributed by atoms with E-state index in [0.29, 0.717) is 25.9 Å². The van der Waals surface area contributed by atoms with Crippen LogP contribution in [0.5, 0.6) is 0 Å². The second-order valence-electron chi connectivity index (χ2n) is 6.02. The number of sulfonamides is 1. The van der Waals surface area contributed by atoms with Gasteiger partial charge < -0.3 is 4.90 Å². The topological polar surface area (TPSA) is 66.5 Å². The van der Waals surface area contributed by atoms with Crippen molar-refractivity contribution in [2.24, 2.45) is 0 Å². The fourth-order valence-electron chi connectivity index (χ4n) is 2.68. The molecule has 0 spiro atoms. The molecule has 5 nitrogen and oxygen atoms in total. The zero-order valence-corrected chi connectivity index (χ0v) is 16.1. The van der Waals surface area contributed by atoms with Crippen molar-refractivity contribution >= 4 is 15.9 Å². The second kappa shape index (κ2) is 9.50. The second-order valence-corrected chi connectivity index (χ2v) is 7.79. The lowest BCUT2D eigenvalue weighted by Gasteiger charge is -2.18. The summed E-state index contributed by atoms with van der Waals surface area (Å²) in [4.78, 5) is 14.1. The van der Waals surface area contributed by atoms with Crippen LogP contribution in [0.15, 0.2) is 59.5 Å². The van der Waals surface area contributed by atoms with E-state index in [1.54, 1.807) is 29.2 Å². The predicted molar refractivity (Wildman–Crippen MR) is 103 cm³/mol. The molecular formula is C20H26N2O3S. The van der Waals surface area contributed by atoms with Crippen LogP contribution in [0.4, 0.5) is 0 Å². The van der Waals surface area contributed by atoms with Crippen LogP contribution >= 0.6 is 0 Å². The number of hydrogen-bond donors (Lipinski definition) is 1. The number of nitrogens with one attached hydrogen (secondary N) is 1. The first-order chi connectivity index (χ1) is 12.5. The Labute approximate surface area is 156 Å². The van der Waals surface area contributed by atoms with Crippen LogP contribution in [0.3, 0.4) is 0 Å². The minimum Gasteiger partial charge on any atom is -0.343 e. The SMILES string of the molecule is CCN(CC)C(=O)CCc1ccc(S(=O)(=O)NCc2ccccc2)cc1. The molecule has 26 heavy (non-hydrogen) atoms. The highest BCUT2D eigenvalue weighted by molar-refractivity contribution is 7.89. The molecular weight excluding hydrogens is 348 g/mol. The number of hydrogen-bond acceptors (Lipinski definition) is 3. The van der Waals surface area contributed by atoms with Gasteiger partial charge in [0.1, 0.15) is 0 Å². The van der Waals surface area contributed by atoms with Gasteiger partial charge in [-0.05, 0) is 43.5 Å². The Hall–Kier alpha value is -2.18. The van der Waals surface area contributed by atoms with Crippen molar-refractivity contribution < 1.29 is 13.2 Å². The molecule has 0 heterocycles. The molecule has 6 heteroatoms. The lowest BCUT2D eigenvalue weighted by Crippen LogP contribution is -2.30. The Morgan fingerprint density at radius 3 is 2.12 bits per heavy atom. The van der Waals surface area contributed by atoms with Crippen molar-refractivity contribution in [3.05, 3.63) is 65.7 Å². The normalized spacial score (nSPS) is 11.3. The largest absolute Gasteiger partial charge is 0.343 e. The fraction of sp³-hybridized carbons (Fsp3) is 0.350. The number of rotatable bonds is 9. The van der Waals surface area contributed by atoms with E-state index in [-0.39, 0.29) is 17.3 Å². The van der Waals surface area contributed by atoms with Crippen molar-refractivity contribution in [3.8, 4) is 0 Å². The maximum absolute atomic E-state index is 12.4. The van der Waals surface area contributed by atoms with Crippen LogP contribution in [0.25, 0.3) is 0 Å². The number of amides is 1. The molecule has 0 aliphatic rings. The molecule has 1 amide bonds. The smallest absolute Gasteiger partial charge is 0.240 e. The third-order valence-electron chi connectivity index (χ3n) is 4.29. The standard InChI is InChI=1S/C20H26N2O3S/c1-3-22(4-2)20(23)15-12-17-10-13-19(14-11-17)26(24,25)21-16-18-8-6-5-7-9-18/h5-11,13-14,21H,3-4,12,15-16H2,1-2H3. The molecule has 1 N–H and O–H groups in total. The monoisotopic (exact) mass is 374 g/mol. The first kappa shape index (κ1) is 20.1. The van der Waals surface area contributed by atoms with Gasteiger partial charge in [0.05, 0.1) is 4.90 Å². The van der Waals surface area contributed by atoms with E-state index in [4.69, 9.17) is 0 Å². The predicted octanol–water partition coefficient (Wildman–Crippen LogP) is 2.97. The van der Waals surface area contributed by atoms with E-state index < -0.39 is 10.0 Å². The summed E-state index contributed by atoms with van der Waals surface area (Å²) in [6.07, 6.45) is 1.03. The molecule has 0 bridgehead atoms. The molecule has 0 aliphatic heterocycles. The van der Waals surface area contributed by atoms with Crippen molar-refractivity contribution in [2.75, 3.05) is 13.1 Å². The number of carbonyl (C=O) groups is 1. The van der Waals surface area contributed by atoms with Crippen LogP contribution in [-0.4, -0.2) is 32.3 Å². The van der Waals surface area contributed by atoms with Gasteiger partial charge in [-0.15, -0.1) is 0 Å². The molecule has 0 aromatic heterocycles. The molecule has 0 unspecified atom stereocenters. The van der Waals surface area contributed by atoms with Gasteiger partial charge in [0.15, 0.2) is 0 Å². The molecule has 0 fully saturated rings. The van der Waals surface area contributed by atoms with Gasteiger partial charge in [-0.3, -0.25) is 4.79 Å². The van der Waals surface area contributed by atoms with Gasteiger partial charge in [-0.25, -0.2) is 13.1 Å². The van der Waals surface area contributed by atoms with E-state index in [2.05, 4.69) is 4.72 Å². The van der Waals surface area contributed by atoms with Crippen LogP contribution in [-0.2, 0) is 27.8 Å². The maximum Gasteiger partial charge on any atom is 0.240 e. The van der Waals surface area contributed by atoms with Crippen molar-refractivity contribution in [1.82, 2.24) is 9.62 Å². The Morgan fingerprint density at radius 2 is 1.54 bits per heavy atom. The number of benzene rings is 2.